The smallest absolute Gasteiger partial charge is 0.310 e. The van der Waals surface area contributed by atoms with E-state index >= 15 is 0 Å². The summed E-state index contributed by atoms with van der Waals surface area (Å²) in [4.78, 5) is 12.9. The van der Waals surface area contributed by atoms with Crippen LogP contribution in [-0.4, -0.2) is 11.1 Å². The monoisotopic (exact) mass is 432 g/mol. The minimum atomic E-state index is -0.443. The molecule has 0 aliphatic heterocycles. The third kappa shape index (κ3) is 5.35. The van der Waals surface area contributed by atoms with E-state index in [9.17, 15) is 9.90 Å². The lowest BCUT2D eigenvalue weighted by Gasteiger charge is -2.58. The Kier molecular flexibility index (Phi) is 9.35. The van der Waals surface area contributed by atoms with Crippen molar-refractivity contribution in [3.05, 3.63) is 0 Å². The zero-order valence-electron chi connectivity index (χ0n) is 21.0. The Balaban J connectivity index is 1.84. The lowest BCUT2D eigenvalue weighted by atomic mass is 9.46. The van der Waals surface area contributed by atoms with Crippen LogP contribution in [0.5, 0.6) is 0 Å². The van der Waals surface area contributed by atoms with Crippen LogP contribution >= 0.6 is 0 Å². The normalized spacial score (nSPS) is 32.1. The van der Waals surface area contributed by atoms with E-state index in [0.717, 1.165) is 31.6 Å². The van der Waals surface area contributed by atoms with Crippen LogP contribution in [0.4, 0.5) is 0 Å². The predicted molar refractivity (Wildman–Crippen MR) is 131 cm³/mol. The summed E-state index contributed by atoms with van der Waals surface area (Å²) in [6.45, 7) is 4.62. The van der Waals surface area contributed by atoms with Crippen molar-refractivity contribution in [2.45, 2.75) is 155 Å². The summed E-state index contributed by atoms with van der Waals surface area (Å²) in [5.74, 6) is 0.472. The van der Waals surface area contributed by atoms with Gasteiger partial charge in [-0.15, -0.1) is 0 Å². The fourth-order valence-corrected chi connectivity index (χ4v) is 8.32. The molecular weight excluding hydrogens is 380 g/mol. The Morgan fingerprint density at radius 1 is 0.710 bits per heavy atom. The Morgan fingerprint density at radius 2 is 1.32 bits per heavy atom. The molecule has 3 saturated carbocycles. The number of rotatable bonds is 11. The van der Waals surface area contributed by atoms with Gasteiger partial charge < -0.3 is 5.11 Å². The van der Waals surface area contributed by atoms with Gasteiger partial charge in [0.15, 0.2) is 0 Å². The van der Waals surface area contributed by atoms with Gasteiger partial charge in [0, 0.05) is 0 Å². The highest BCUT2D eigenvalue weighted by Crippen LogP contribution is 2.64. The maximum Gasteiger partial charge on any atom is 0.310 e. The second kappa shape index (κ2) is 11.6. The number of carbonyl (C=O) groups is 1. The average molecular weight is 433 g/mol. The van der Waals surface area contributed by atoms with Crippen molar-refractivity contribution < 1.29 is 9.90 Å². The van der Waals surface area contributed by atoms with E-state index in [1.54, 1.807) is 0 Å². The minimum absolute atomic E-state index is 0.0668. The maximum absolute atomic E-state index is 12.9. The molecule has 180 valence electrons. The minimum Gasteiger partial charge on any atom is -0.481 e. The van der Waals surface area contributed by atoms with Crippen LogP contribution in [-0.2, 0) is 4.79 Å². The highest BCUT2D eigenvalue weighted by atomic mass is 16.4. The van der Waals surface area contributed by atoms with Crippen molar-refractivity contribution in [2.24, 2.45) is 22.2 Å². The lowest BCUT2D eigenvalue weighted by molar-refractivity contribution is -0.171. The van der Waals surface area contributed by atoms with E-state index in [4.69, 9.17) is 0 Å². The van der Waals surface area contributed by atoms with Crippen molar-refractivity contribution in [1.29, 1.82) is 0 Å². The topological polar surface area (TPSA) is 37.3 Å². The standard InChI is InChI=1S/C29H52O2/c1-3-5-7-12-18-28(29(26(30)31)19-13-9-14-20-29)23-21-27(22-24-28,17-6-4-2)25-15-10-8-11-16-25/h25H,3-24H2,1-2H3,(H,30,31). The molecular formula is C29H52O2. The van der Waals surface area contributed by atoms with Gasteiger partial charge in [-0.25, -0.2) is 0 Å². The molecule has 3 aliphatic carbocycles. The SMILES string of the molecule is CCCCCCC1(C2(C(=O)O)CCCCC2)CCC(CCCC)(C2CCCCC2)CC1. The zero-order valence-corrected chi connectivity index (χ0v) is 21.0. The molecule has 0 heterocycles. The van der Waals surface area contributed by atoms with Gasteiger partial charge in [0.25, 0.3) is 0 Å². The van der Waals surface area contributed by atoms with Crippen LogP contribution < -0.4 is 0 Å². The largest absolute Gasteiger partial charge is 0.481 e. The molecule has 2 heteroatoms. The van der Waals surface area contributed by atoms with Gasteiger partial charge in [0.05, 0.1) is 5.41 Å². The van der Waals surface area contributed by atoms with Gasteiger partial charge >= 0.3 is 5.97 Å². The second-order valence-corrected chi connectivity index (χ2v) is 11.8. The van der Waals surface area contributed by atoms with E-state index < -0.39 is 11.4 Å². The van der Waals surface area contributed by atoms with Gasteiger partial charge in [-0.3, -0.25) is 4.79 Å². The van der Waals surface area contributed by atoms with Gasteiger partial charge in [-0.1, -0.05) is 90.9 Å². The molecule has 1 N–H and O–H groups in total. The molecule has 3 rings (SSSR count). The van der Waals surface area contributed by atoms with Crippen molar-refractivity contribution in [2.75, 3.05) is 0 Å². The first kappa shape index (κ1) is 25.1. The number of carboxylic acids is 1. The summed E-state index contributed by atoms with van der Waals surface area (Å²) in [6, 6.07) is 0. The number of aliphatic carboxylic acids is 1. The van der Waals surface area contributed by atoms with Crippen LogP contribution in [0.25, 0.3) is 0 Å². The number of unbranched alkanes of at least 4 members (excludes halogenated alkanes) is 4. The average Bonchev–Trinajstić information content (AvgIpc) is 2.82. The fraction of sp³-hybridized carbons (Fsp3) is 0.966. The van der Waals surface area contributed by atoms with Crippen LogP contribution in [0.15, 0.2) is 0 Å². The first-order valence-corrected chi connectivity index (χ1v) is 14.3. The summed E-state index contributed by atoms with van der Waals surface area (Å²) >= 11 is 0. The third-order valence-electron chi connectivity index (χ3n) is 10.3. The highest BCUT2D eigenvalue weighted by molar-refractivity contribution is 5.76. The van der Waals surface area contributed by atoms with Crippen molar-refractivity contribution in [3.63, 3.8) is 0 Å². The number of hydrogen-bond acceptors (Lipinski definition) is 1. The van der Waals surface area contributed by atoms with Crippen LogP contribution in [0.3, 0.4) is 0 Å². The molecule has 0 aromatic heterocycles. The van der Waals surface area contributed by atoms with Crippen molar-refractivity contribution in [3.8, 4) is 0 Å². The zero-order chi connectivity index (χ0) is 22.2. The Labute approximate surface area is 193 Å². The molecule has 2 nitrogen and oxygen atoms in total. The van der Waals surface area contributed by atoms with E-state index in [0.29, 0.717) is 5.41 Å². The predicted octanol–water partition coefficient (Wildman–Crippen LogP) is 9.31. The summed E-state index contributed by atoms with van der Waals surface area (Å²) in [5, 5.41) is 10.6. The quantitative estimate of drug-likeness (QED) is 0.330. The molecule has 0 saturated heterocycles. The molecule has 0 radical (unpaired) electrons. The molecule has 0 aromatic rings. The molecule has 0 amide bonds. The molecule has 0 bridgehead atoms. The molecule has 3 aliphatic rings. The fourth-order valence-electron chi connectivity index (χ4n) is 8.32. The molecule has 0 spiro atoms. The van der Waals surface area contributed by atoms with Gasteiger partial charge in [0.1, 0.15) is 0 Å². The number of hydrogen-bond donors (Lipinski definition) is 1. The summed E-state index contributed by atoms with van der Waals surface area (Å²) in [5.41, 5.74) is 0.163. The Bertz CT molecular complexity index is 531. The van der Waals surface area contributed by atoms with Crippen LogP contribution in [0, 0.1) is 22.2 Å². The number of carboxylic acid groups (broad SMARTS) is 1. The highest BCUT2D eigenvalue weighted by Gasteiger charge is 2.59. The Morgan fingerprint density at radius 3 is 1.90 bits per heavy atom. The summed E-state index contributed by atoms with van der Waals surface area (Å²) < 4.78 is 0. The molecule has 3 fully saturated rings. The maximum atomic E-state index is 12.9. The van der Waals surface area contributed by atoms with Crippen molar-refractivity contribution >= 4 is 5.97 Å². The lowest BCUT2D eigenvalue weighted by Crippen LogP contribution is -2.53. The first-order valence-electron chi connectivity index (χ1n) is 14.3. The van der Waals surface area contributed by atoms with Crippen LogP contribution in [0.1, 0.15) is 155 Å². The third-order valence-corrected chi connectivity index (χ3v) is 10.3. The summed E-state index contributed by atoms with van der Waals surface area (Å²) in [7, 11) is 0. The van der Waals surface area contributed by atoms with Gasteiger partial charge in [0.2, 0.25) is 0 Å². The molecule has 0 aromatic carbocycles. The van der Waals surface area contributed by atoms with Crippen molar-refractivity contribution in [1.82, 2.24) is 0 Å². The van der Waals surface area contributed by atoms with Gasteiger partial charge in [-0.05, 0) is 81.0 Å². The molecule has 0 unspecified atom stereocenters. The van der Waals surface area contributed by atoms with E-state index in [1.807, 2.05) is 0 Å². The second-order valence-electron chi connectivity index (χ2n) is 11.8. The molecule has 31 heavy (non-hydrogen) atoms. The summed E-state index contributed by atoms with van der Waals surface area (Å²) in [6.07, 6.45) is 28.0. The van der Waals surface area contributed by atoms with Crippen LogP contribution in [0.2, 0.25) is 0 Å². The van der Waals surface area contributed by atoms with E-state index in [1.165, 1.54) is 116 Å². The molecule has 0 atom stereocenters. The van der Waals surface area contributed by atoms with Gasteiger partial charge in [-0.2, -0.15) is 0 Å². The Hall–Kier alpha value is -0.530. The van der Waals surface area contributed by atoms with E-state index in [-0.39, 0.29) is 5.41 Å². The first-order chi connectivity index (χ1) is 15.0. The van der Waals surface area contributed by atoms with E-state index in [2.05, 4.69) is 13.8 Å².